The zero-order valence-electron chi connectivity index (χ0n) is 37.4. The summed E-state index contributed by atoms with van der Waals surface area (Å²) in [6.07, 6.45) is 1.88. The van der Waals surface area contributed by atoms with E-state index < -0.39 is 0 Å². The molecule has 0 radical (unpaired) electrons. The smallest absolute Gasteiger partial charge is 0.0543 e. The van der Waals surface area contributed by atoms with Gasteiger partial charge in [-0.2, -0.15) is 0 Å². The minimum absolute atomic E-state index is 0.941. The zero-order chi connectivity index (χ0) is 41.5. The summed E-state index contributed by atoms with van der Waals surface area (Å²) in [5, 5.41) is 7.99. The van der Waals surface area contributed by atoms with Gasteiger partial charge in [0.1, 0.15) is 0 Å². The molecule has 0 fully saturated rings. The van der Waals surface area contributed by atoms with Crippen molar-refractivity contribution >= 4 is 66.4 Å². The van der Waals surface area contributed by atoms with Crippen LogP contribution in [0.3, 0.4) is 0 Å². The van der Waals surface area contributed by atoms with E-state index in [1.54, 1.807) is 0 Å². The van der Waals surface area contributed by atoms with Crippen molar-refractivity contribution in [2.24, 2.45) is 0 Å². The predicted molar refractivity (Wildman–Crippen MR) is 255 cm³/mol. The van der Waals surface area contributed by atoms with Crippen LogP contribution in [0.15, 0.2) is 84.9 Å². The highest BCUT2D eigenvalue weighted by molar-refractivity contribution is 6.29. The van der Waals surface area contributed by atoms with Crippen LogP contribution in [0.2, 0.25) is 0 Å². The van der Waals surface area contributed by atoms with Gasteiger partial charge in [0.2, 0.25) is 0 Å². The Morgan fingerprint density at radius 2 is 0.534 bits per heavy atom. The van der Waals surface area contributed by atoms with E-state index in [4.69, 9.17) is 0 Å². The minimum Gasteiger partial charge on any atom is -0.310 e. The van der Waals surface area contributed by atoms with Gasteiger partial charge in [0.15, 0.2) is 0 Å². The Labute approximate surface area is 347 Å². The molecule has 0 aromatic heterocycles. The molecule has 0 aliphatic carbocycles. The van der Waals surface area contributed by atoms with Gasteiger partial charge in [-0.3, -0.25) is 0 Å². The Morgan fingerprint density at radius 1 is 0.310 bits per heavy atom. The molecule has 8 aromatic rings. The number of nitrogens with zero attached hydrogens (tertiary/aromatic N) is 2. The Balaban J connectivity index is 1.52. The van der Waals surface area contributed by atoms with Crippen molar-refractivity contribution in [3.8, 4) is 0 Å². The summed E-state index contributed by atoms with van der Waals surface area (Å²) in [6, 6.07) is 33.8. The molecule has 0 atom stereocenters. The lowest BCUT2D eigenvalue weighted by molar-refractivity contribution is 1.15. The molecule has 0 aliphatic heterocycles. The topological polar surface area (TPSA) is 6.48 Å². The maximum atomic E-state index is 2.55. The molecule has 0 bridgehead atoms. The van der Waals surface area contributed by atoms with E-state index in [2.05, 4.69) is 192 Å². The number of hydrogen-bond acceptors (Lipinski definition) is 2. The Kier molecular flexibility index (Phi) is 9.91. The summed E-state index contributed by atoms with van der Waals surface area (Å²) in [6.45, 7) is 31.6. The number of rotatable bonds is 8. The van der Waals surface area contributed by atoms with E-state index in [1.165, 1.54) is 144 Å². The van der Waals surface area contributed by atoms with Crippen LogP contribution >= 0.6 is 0 Å². The summed E-state index contributed by atoms with van der Waals surface area (Å²) < 4.78 is 0. The molecule has 294 valence electrons. The normalized spacial score (nSPS) is 11.8. The van der Waals surface area contributed by atoms with Crippen molar-refractivity contribution in [1.82, 2.24) is 0 Å². The van der Waals surface area contributed by atoms with Gasteiger partial charge < -0.3 is 9.80 Å². The molecule has 0 amide bonds. The van der Waals surface area contributed by atoms with Crippen LogP contribution in [0.1, 0.15) is 91.7 Å². The quantitative estimate of drug-likeness (QED) is 0.142. The van der Waals surface area contributed by atoms with Crippen molar-refractivity contribution in [1.29, 1.82) is 0 Å². The second kappa shape index (κ2) is 14.7. The summed E-state index contributed by atoms with van der Waals surface area (Å²) in [4.78, 5) is 5.10. The van der Waals surface area contributed by atoms with Gasteiger partial charge >= 0.3 is 0 Å². The van der Waals surface area contributed by atoms with Crippen LogP contribution < -0.4 is 9.80 Å². The average Bonchev–Trinajstić information content (AvgIpc) is 3.19. The fraction of sp³-hybridized carbons (Fsp3) is 0.286. The first-order valence-electron chi connectivity index (χ1n) is 21.3. The van der Waals surface area contributed by atoms with Gasteiger partial charge in [0, 0.05) is 33.5 Å². The lowest BCUT2D eigenvalue weighted by Gasteiger charge is -2.32. The number of hydrogen-bond donors (Lipinski definition) is 0. The maximum absolute atomic E-state index is 2.55. The fourth-order valence-electron chi connectivity index (χ4n) is 9.48. The van der Waals surface area contributed by atoms with Gasteiger partial charge in [-0.15, -0.1) is 0 Å². The van der Waals surface area contributed by atoms with E-state index in [0.717, 1.165) is 12.8 Å². The van der Waals surface area contributed by atoms with E-state index >= 15 is 0 Å². The lowest BCUT2D eigenvalue weighted by atomic mass is 9.86. The number of aryl methyl sites for hydroxylation is 10. The summed E-state index contributed by atoms with van der Waals surface area (Å²) >= 11 is 0. The van der Waals surface area contributed by atoms with E-state index in [9.17, 15) is 0 Å². The molecule has 0 saturated carbocycles. The monoisotopic (exact) mass is 760 g/mol. The van der Waals surface area contributed by atoms with Crippen LogP contribution in [0.5, 0.6) is 0 Å². The number of anilines is 6. The second-order valence-corrected chi connectivity index (χ2v) is 17.4. The van der Waals surface area contributed by atoms with Gasteiger partial charge in [0.25, 0.3) is 0 Å². The Hall–Kier alpha value is -5.60. The molecule has 0 heterocycles. The van der Waals surface area contributed by atoms with Gasteiger partial charge in [-0.1, -0.05) is 38.1 Å². The fourth-order valence-corrected chi connectivity index (χ4v) is 9.48. The summed E-state index contributed by atoms with van der Waals surface area (Å²) in [7, 11) is 0. The van der Waals surface area contributed by atoms with Crippen molar-refractivity contribution < 1.29 is 0 Å². The molecule has 0 unspecified atom stereocenters. The lowest BCUT2D eigenvalue weighted by Crippen LogP contribution is -2.14. The largest absolute Gasteiger partial charge is 0.310 e. The Morgan fingerprint density at radius 3 is 0.759 bits per heavy atom. The van der Waals surface area contributed by atoms with E-state index in [1.807, 2.05) is 0 Å². The van der Waals surface area contributed by atoms with E-state index in [-0.39, 0.29) is 0 Å². The predicted octanol–water partition coefficient (Wildman–Crippen LogP) is 16.3. The Bertz CT molecular complexity index is 2530. The molecule has 8 rings (SSSR count). The number of benzene rings is 8. The third-order valence-corrected chi connectivity index (χ3v) is 13.9. The van der Waals surface area contributed by atoms with Crippen molar-refractivity contribution in [2.75, 3.05) is 9.80 Å². The van der Waals surface area contributed by atoms with Gasteiger partial charge in [-0.25, -0.2) is 0 Å². The molecule has 0 saturated heterocycles. The highest BCUT2D eigenvalue weighted by Gasteiger charge is 2.26. The van der Waals surface area contributed by atoms with Crippen LogP contribution in [-0.4, -0.2) is 0 Å². The molecule has 8 aromatic carbocycles. The van der Waals surface area contributed by atoms with Crippen molar-refractivity contribution in [3.63, 3.8) is 0 Å². The van der Waals surface area contributed by atoms with Gasteiger partial charge in [-0.05, 0) is 256 Å². The average molecular weight is 761 g/mol. The molecule has 0 N–H and O–H groups in total. The summed E-state index contributed by atoms with van der Waals surface area (Å²) in [5.74, 6) is 0. The standard InChI is InChI=1S/C56H60N2/c1-15-43-29-53(57(45-21-31(3)39(11)32(4)22-45)46-23-33(5)40(12)34(6)24-46)51-20-18-50-44(16-2)30-54(52-19-17-49(43)55(51)56(50)52)58(47-25-35(7)41(13)36(8)26-47)48-27-37(9)42(14)38(10)28-48/h17-30H,15-16H2,1-14H3. The van der Waals surface area contributed by atoms with Crippen LogP contribution in [0.4, 0.5) is 34.1 Å². The van der Waals surface area contributed by atoms with Crippen molar-refractivity contribution in [2.45, 2.75) is 110 Å². The first-order chi connectivity index (χ1) is 27.6. The zero-order valence-corrected chi connectivity index (χ0v) is 37.4. The van der Waals surface area contributed by atoms with Gasteiger partial charge in [0.05, 0.1) is 11.4 Å². The minimum atomic E-state index is 0.941. The van der Waals surface area contributed by atoms with Crippen LogP contribution in [0, 0.1) is 83.1 Å². The maximum Gasteiger partial charge on any atom is 0.0543 e. The van der Waals surface area contributed by atoms with Crippen LogP contribution in [-0.2, 0) is 12.8 Å². The highest BCUT2D eigenvalue weighted by atomic mass is 15.2. The first kappa shape index (κ1) is 39.2. The molecular formula is C56H60N2. The van der Waals surface area contributed by atoms with Crippen LogP contribution in [0.25, 0.3) is 32.3 Å². The molecule has 0 spiro atoms. The van der Waals surface area contributed by atoms with E-state index in [0.29, 0.717) is 0 Å². The van der Waals surface area contributed by atoms with Crippen molar-refractivity contribution in [3.05, 3.63) is 163 Å². The first-order valence-corrected chi connectivity index (χ1v) is 21.3. The molecule has 58 heavy (non-hydrogen) atoms. The third kappa shape index (κ3) is 6.24. The molecule has 2 heteroatoms. The molecule has 2 nitrogen and oxygen atoms in total. The summed E-state index contributed by atoms with van der Waals surface area (Å²) in [5.41, 5.74) is 26.0. The SMILES string of the molecule is CCc1cc(N(c2cc(C)c(C)c(C)c2)c2cc(C)c(C)c(C)c2)c2ccc3c(CC)cc(N(c4cc(C)c(C)c(C)c4)c4cc(C)c(C)c(C)c4)c4ccc1c2c34. The molecular weight excluding hydrogens is 701 g/mol. The molecule has 0 aliphatic rings. The second-order valence-electron chi connectivity index (χ2n) is 17.4. The highest BCUT2D eigenvalue weighted by Crippen LogP contribution is 2.50. The third-order valence-electron chi connectivity index (χ3n) is 13.9.